The summed E-state index contributed by atoms with van der Waals surface area (Å²) < 4.78 is 6.32. The summed E-state index contributed by atoms with van der Waals surface area (Å²) in [4.78, 5) is 2.44. The maximum absolute atomic E-state index is 6.32. The van der Waals surface area contributed by atoms with E-state index in [9.17, 15) is 0 Å². The average molecular weight is 676 g/mol. The number of benzene rings is 8. The standard InChI is InChI=1S/C51H33NO/c1-2-14-34(15-3-1)39-18-7-12-24-48(39)52(37-29-31-50-43(32-37)42-20-8-13-25-49(42)53-50)38-28-30-41-40-19-6-11-23-46(40)51(47(41)33-38)44-21-9-4-16-35(44)26-27-36-17-5-10-22-45(36)51/h1-33H. The van der Waals surface area contributed by atoms with Gasteiger partial charge in [-0.05, 0) is 92.5 Å². The van der Waals surface area contributed by atoms with E-state index in [0.717, 1.165) is 44.6 Å². The van der Waals surface area contributed by atoms with Crippen LogP contribution in [0, 0.1) is 0 Å². The van der Waals surface area contributed by atoms with Gasteiger partial charge in [0.25, 0.3) is 0 Å². The molecule has 0 fully saturated rings. The number of hydrogen-bond donors (Lipinski definition) is 0. The lowest BCUT2D eigenvalue weighted by Gasteiger charge is -2.36. The number of para-hydroxylation sites is 2. The number of fused-ring (bicyclic) bond motifs is 12. The highest BCUT2D eigenvalue weighted by molar-refractivity contribution is 6.07. The third-order valence-corrected chi connectivity index (χ3v) is 11.3. The zero-order chi connectivity index (χ0) is 34.9. The minimum absolute atomic E-state index is 0.520. The van der Waals surface area contributed by atoms with Crippen LogP contribution in [0.2, 0.25) is 0 Å². The second-order valence-electron chi connectivity index (χ2n) is 14.0. The molecule has 0 aliphatic heterocycles. The molecular formula is C51H33NO. The smallest absolute Gasteiger partial charge is 0.135 e. The molecule has 248 valence electrons. The van der Waals surface area contributed by atoms with E-state index >= 15 is 0 Å². The molecule has 2 aliphatic carbocycles. The molecule has 9 aromatic rings. The van der Waals surface area contributed by atoms with Crippen LogP contribution in [0.4, 0.5) is 17.1 Å². The maximum atomic E-state index is 6.32. The molecule has 8 aromatic carbocycles. The Hall–Kier alpha value is -6.90. The fourth-order valence-corrected chi connectivity index (χ4v) is 9.09. The molecule has 1 spiro atoms. The van der Waals surface area contributed by atoms with Gasteiger partial charge in [-0.2, -0.15) is 0 Å². The normalized spacial score (nSPS) is 13.4. The van der Waals surface area contributed by atoms with Crippen molar-refractivity contribution in [1.29, 1.82) is 0 Å². The summed E-state index contributed by atoms with van der Waals surface area (Å²) in [6.07, 6.45) is 4.58. The average Bonchev–Trinajstić information content (AvgIpc) is 3.69. The van der Waals surface area contributed by atoms with Crippen LogP contribution in [-0.4, -0.2) is 0 Å². The summed E-state index contributed by atoms with van der Waals surface area (Å²) in [5.41, 5.74) is 17.1. The fraction of sp³-hybridized carbons (Fsp3) is 0.0196. The van der Waals surface area contributed by atoms with E-state index in [-0.39, 0.29) is 0 Å². The molecule has 0 unspecified atom stereocenters. The van der Waals surface area contributed by atoms with Gasteiger partial charge in [0.05, 0.1) is 11.1 Å². The molecule has 1 heterocycles. The number of furan rings is 1. The van der Waals surface area contributed by atoms with Gasteiger partial charge in [0.15, 0.2) is 0 Å². The van der Waals surface area contributed by atoms with E-state index in [1.807, 2.05) is 12.1 Å². The Morgan fingerprint density at radius 3 is 1.74 bits per heavy atom. The second-order valence-corrected chi connectivity index (χ2v) is 14.0. The summed E-state index contributed by atoms with van der Waals surface area (Å²) in [5.74, 6) is 0. The highest BCUT2D eigenvalue weighted by Crippen LogP contribution is 2.59. The highest BCUT2D eigenvalue weighted by atomic mass is 16.3. The van der Waals surface area contributed by atoms with Crippen molar-refractivity contribution in [2.75, 3.05) is 4.90 Å². The Kier molecular flexibility index (Phi) is 6.50. The largest absolute Gasteiger partial charge is 0.456 e. The van der Waals surface area contributed by atoms with Crippen LogP contribution in [-0.2, 0) is 5.41 Å². The van der Waals surface area contributed by atoms with Gasteiger partial charge in [-0.1, -0.05) is 158 Å². The van der Waals surface area contributed by atoms with Crippen molar-refractivity contribution in [2.45, 2.75) is 5.41 Å². The minimum atomic E-state index is -0.520. The lowest BCUT2D eigenvalue weighted by Crippen LogP contribution is -2.30. The molecule has 0 saturated carbocycles. The third-order valence-electron chi connectivity index (χ3n) is 11.3. The molecule has 0 amide bonds. The van der Waals surface area contributed by atoms with Gasteiger partial charge < -0.3 is 9.32 Å². The van der Waals surface area contributed by atoms with Crippen molar-refractivity contribution in [3.63, 3.8) is 0 Å². The van der Waals surface area contributed by atoms with Crippen LogP contribution in [0.3, 0.4) is 0 Å². The minimum Gasteiger partial charge on any atom is -0.456 e. The molecule has 0 radical (unpaired) electrons. The number of nitrogens with zero attached hydrogens (tertiary/aromatic N) is 1. The van der Waals surface area contributed by atoms with Crippen LogP contribution < -0.4 is 4.90 Å². The quantitative estimate of drug-likeness (QED) is 0.185. The van der Waals surface area contributed by atoms with Gasteiger partial charge >= 0.3 is 0 Å². The summed E-state index contributed by atoms with van der Waals surface area (Å²) in [7, 11) is 0. The first-order valence-corrected chi connectivity index (χ1v) is 18.3. The van der Waals surface area contributed by atoms with E-state index in [1.165, 1.54) is 50.1 Å². The Labute approximate surface area is 308 Å². The summed E-state index contributed by atoms with van der Waals surface area (Å²) >= 11 is 0. The highest BCUT2D eigenvalue weighted by Gasteiger charge is 2.48. The molecule has 0 bridgehead atoms. The monoisotopic (exact) mass is 675 g/mol. The van der Waals surface area contributed by atoms with Crippen molar-refractivity contribution in [3.8, 4) is 22.3 Å². The van der Waals surface area contributed by atoms with Crippen molar-refractivity contribution >= 4 is 51.2 Å². The van der Waals surface area contributed by atoms with Crippen molar-refractivity contribution in [1.82, 2.24) is 0 Å². The lowest BCUT2D eigenvalue weighted by atomic mass is 9.66. The van der Waals surface area contributed by atoms with Gasteiger partial charge in [-0.3, -0.25) is 0 Å². The van der Waals surface area contributed by atoms with E-state index in [1.54, 1.807) is 0 Å². The van der Waals surface area contributed by atoms with Gasteiger partial charge in [-0.15, -0.1) is 0 Å². The van der Waals surface area contributed by atoms with Gasteiger partial charge in [0, 0.05) is 27.7 Å². The second kappa shape index (κ2) is 11.6. The number of anilines is 3. The van der Waals surface area contributed by atoms with Crippen molar-refractivity contribution in [3.05, 3.63) is 221 Å². The SMILES string of the molecule is C1=Cc2ccccc2C2(c3ccccc31)c1ccccc1-c1ccc(N(c3ccc4oc5ccccc5c4c3)c3ccccc3-c3ccccc3)cc12. The predicted octanol–water partition coefficient (Wildman–Crippen LogP) is 13.6. The molecule has 0 saturated heterocycles. The van der Waals surface area contributed by atoms with Crippen LogP contribution in [0.5, 0.6) is 0 Å². The molecule has 53 heavy (non-hydrogen) atoms. The van der Waals surface area contributed by atoms with Crippen LogP contribution >= 0.6 is 0 Å². The summed E-state index contributed by atoms with van der Waals surface area (Å²) in [6.45, 7) is 0. The van der Waals surface area contributed by atoms with E-state index < -0.39 is 5.41 Å². The van der Waals surface area contributed by atoms with Gasteiger partial charge in [0.1, 0.15) is 11.2 Å². The molecule has 11 rings (SSSR count). The first-order chi connectivity index (χ1) is 26.3. The Morgan fingerprint density at radius 1 is 0.377 bits per heavy atom. The molecule has 2 nitrogen and oxygen atoms in total. The topological polar surface area (TPSA) is 16.4 Å². The fourth-order valence-electron chi connectivity index (χ4n) is 9.09. The van der Waals surface area contributed by atoms with Crippen LogP contribution in [0.15, 0.2) is 192 Å². The third kappa shape index (κ3) is 4.33. The van der Waals surface area contributed by atoms with Gasteiger partial charge in [0.2, 0.25) is 0 Å². The molecule has 0 atom stereocenters. The first kappa shape index (κ1) is 29.8. The maximum Gasteiger partial charge on any atom is 0.135 e. The first-order valence-electron chi connectivity index (χ1n) is 18.3. The zero-order valence-electron chi connectivity index (χ0n) is 28.9. The van der Waals surface area contributed by atoms with Crippen LogP contribution in [0.25, 0.3) is 56.3 Å². The van der Waals surface area contributed by atoms with Crippen LogP contribution in [0.1, 0.15) is 33.4 Å². The molecule has 0 N–H and O–H groups in total. The van der Waals surface area contributed by atoms with E-state index in [4.69, 9.17) is 4.42 Å². The molecular weight excluding hydrogens is 643 g/mol. The Balaban J connectivity index is 1.23. The van der Waals surface area contributed by atoms with Gasteiger partial charge in [-0.25, -0.2) is 0 Å². The Morgan fingerprint density at radius 2 is 0.943 bits per heavy atom. The summed E-state index contributed by atoms with van der Waals surface area (Å²) in [5, 5.41) is 2.21. The number of hydrogen-bond acceptors (Lipinski definition) is 2. The van der Waals surface area contributed by atoms with E-state index in [2.05, 4.69) is 193 Å². The predicted molar refractivity (Wildman–Crippen MR) is 220 cm³/mol. The van der Waals surface area contributed by atoms with Crippen molar-refractivity contribution in [2.24, 2.45) is 0 Å². The molecule has 1 aromatic heterocycles. The van der Waals surface area contributed by atoms with E-state index in [0.29, 0.717) is 0 Å². The number of rotatable bonds is 4. The summed E-state index contributed by atoms with van der Waals surface area (Å²) in [6, 6.07) is 68.4. The lowest BCUT2D eigenvalue weighted by molar-refractivity contribution is 0.669. The van der Waals surface area contributed by atoms with Crippen molar-refractivity contribution < 1.29 is 4.42 Å². The Bertz CT molecular complexity index is 2860. The molecule has 2 heteroatoms. The molecule has 2 aliphatic rings. The zero-order valence-corrected chi connectivity index (χ0v) is 28.9.